The maximum atomic E-state index is 9.36. The van der Waals surface area contributed by atoms with Crippen LogP contribution in [0, 0.1) is 34.5 Å². The highest BCUT2D eigenvalue weighted by Crippen LogP contribution is 2.63. The molecule has 4 rings (SSSR count). The van der Waals surface area contributed by atoms with E-state index in [1.165, 1.54) is 38.5 Å². The first-order chi connectivity index (χ1) is 7.63. The fourth-order valence-electron chi connectivity index (χ4n) is 4.98. The second kappa shape index (κ2) is 3.50. The molecule has 0 saturated heterocycles. The molecule has 4 aliphatic rings. The van der Waals surface area contributed by atoms with Crippen LogP contribution in [0.4, 0.5) is 0 Å². The Morgan fingerprint density at radius 1 is 1.12 bits per heavy atom. The smallest absolute Gasteiger partial charge is 0.0965 e. The molecule has 0 radical (unpaired) electrons. The minimum atomic E-state index is 0.176. The van der Waals surface area contributed by atoms with E-state index >= 15 is 0 Å². The second-order valence-corrected chi connectivity index (χ2v) is 6.79. The first-order valence-corrected chi connectivity index (χ1v) is 6.78. The summed E-state index contributed by atoms with van der Waals surface area (Å²) >= 11 is 6.14. The Morgan fingerprint density at radius 3 is 1.88 bits per heavy atom. The Balaban J connectivity index is 2.00. The summed E-state index contributed by atoms with van der Waals surface area (Å²) < 4.78 is 0. The third-order valence-electron chi connectivity index (χ3n) is 5.02. The van der Waals surface area contributed by atoms with Crippen molar-refractivity contribution < 1.29 is 0 Å². The molecule has 0 amide bonds. The maximum absolute atomic E-state index is 9.36. The molecule has 1 nitrogen and oxygen atoms in total. The van der Waals surface area contributed by atoms with E-state index in [1.54, 1.807) is 0 Å². The van der Waals surface area contributed by atoms with Crippen LogP contribution in [-0.2, 0) is 0 Å². The first kappa shape index (κ1) is 10.7. The summed E-state index contributed by atoms with van der Waals surface area (Å²) in [6.07, 6.45) is 7.93. The molecular formula is C14H18ClN. The van der Waals surface area contributed by atoms with Crippen molar-refractivity contribution in [3.05, 3.63) is 10.6 Å². The third kappa shape index (κ3) is 1.43. The molecule has 0 aliphatic heterocycles. The third-order valence-corrected chi connectivity index (χ3v) is 5.21. The predicted octanol–water partition coefficient (Wildman–Crippen LogP) is 4.24. The highest BCUT2D eigenvalue weighted by Gasteiger charge is 2.53. The number of hydrogen-bond acceptors (Lipinski definition) is 1. The van der Waals surface area contributed by atoms with Crippen molar-refractivity contribution in [1.29, 1.82) is 5.26 Å². The number of nitrogens with zero attached hydrogens (tertiary/aromatic N) is 1. The van der Waals surface area contributed by atoms with Gasteiger partial charge in [-0.05, 0) is 63.2 Å². The zero-order valence-corrected chi connectivity index (χ0v) is 10.6. The highest BCUT2D eigenvalue weighted by molar-refractivity contribution is 6.29. The van der Waals surface area contributed by atoms with E-state index in [0.29, 0.717) is 0 Å². The molecule has 0 aromatic rings. The molecule has 0 unspecified atom stereocenters. The van der Waals surface area contributed by atoms with Crippen LogP contribution in [0.15, 0.2) is 10.6 Å². The van der Waals surface area contributed by atoms with Gasteiger partial charge in [0.1, 0.15) is 0 Å². The Kier molecular flexibility index (Phi) is 2.33. The van der Waals surface area contributed by atoms with Crippen LogP contribution in [0.2, 0.25) is 0 Å². The van der Waals surface area contributed by atoms with Crippen molar-refractivity contribution in [2.45, 2.75) is 45.4 Å². The summed E-state index contributed by atoms with van der Waals surface area (Å²) in [5.74, 6) is 2.64. The van der Waals surface area contributed by atoms with E-state index in [0.717, 1.165) is 28.4 Å². The van der Waals surface area contributed by atoms with Crippen molar-refractivity contribution in [2.75, 3.05) is 0 Å². The van der Waals surface area contributed by atoms with Crippen LogP contribution in [0.5, 0.6) is 0 Å². The molecule has 0 heterocycles. The molecule has 0 aromatic carbocycles. The van der Waals surface area contributed by atoms with E-state index < -0.39 is 0 Å². The van der Waals surface area contributed by atoms with Crippen molar-refractivity contribution >= 4 is 11.6 Å². The van der Waals surface area contributed by atoms with Crippen molar-refractivity contribution in [2.24, 2.45) is 23.2 Å². The first-order valence-electron chi connectivity index (χ1n) is 6.40. The standard InChI is InChI=1S/C14H18ClN/c1-9(15)13(8-16)14-5-10-2-11(6-14)4-12(3-10)7-14/h10-12H,2-7H2,1H3/b13-9+. The lowest BCUT2D eigenvalue weighted by atomic mass is 9.48. The lowest BCUT2D eigenvalue weighted by Gasteiger charge is -2.56. The largest absolute Gasteiger partial charge is 0.193 e. The van der Waals surface area contributed by atoms with E-state index in [2.05, 4.69) is 6.07 Å². The van der Waals surface area contributed by atoms with Crippen LogP contribution in [0.3, 0.4) is 0 Å². The summed E-state index contributed by atoms with van der Waals surface area (Å²) in [7, 11) is 0. The molecule has 86 valence electrons. The number of rotatable bonds is 1. The maximum Gasteiger partial charge on any atom is 0.0965 e. The minimum Gasteiger partial charge on any atom is -0.193 e. The zero-order valence-electron chi connectivity index (χ0n) is 9.80. The summed E-state index contributed by atoms with van der Waals surface area (Å²) in [6.45, 7) is 1.89. The summed E-state index contributed by atoms with van der Waals surface area (Å²) in [4.78, 5) is 0. The Labute approximate surface area is 102 Å². The van der Waals surface area contributed by atoms with Crippen LogP contribution in [0.1, 0.15) is 45.4 Å². The van der Waals surface area contributed by atoms with Crippen LogP contribution in [0.25, 0.3) is 0 Å². The van der Waals surface area contributed by atoms with Crippen molar-refractivity contribution in [1.82, 2.24) is 0 Å². The summed E-state index contributed by atoms with van der Waals surface area (Å²) in [6, 6.07) is 2.41. The molecule has 0 aromatic heterocycles. The number of nitriles is 1. The SMILES string of the molecule is C/C(Cl)=C(/C#N)C12CC3CC(CC(C3)C1)C2. The minimum absolute atomic E-state index is 0.176. The normalized spacial score (nSPS) is 46.4. The van der Waals surface area contributed by atoms with Gasteiger partial charge < -0.3 is 0 Å². The van der Waals surface area contributed by atoms with Crippen LogP contribution < -0.4 is 0 Å². The summed E-state index contributed by atoms with van der Waals surface area (Å²) in [5.41, 5.74) is 1.09. The van der Waals surface area contributed by atoms with Crippen LogP contribution in [-0.4, -0.2) is 0 Å². The zero-order chi connectivity index (χ0) is 11.3. The Morgan fingerprint density at radius 2 is 1.56 bits per heavy atom. The molecule has 4 saturated carbocycles. The van der Waals surface area contributed by atoms with Gasteiger partial charge in [-0.15, -0.1) is 0 Å². The van der Waals surface area contributed by atoms with Gasteiger partial charge in [0.2, 0.25) is 0 Å². The topological polar surface area (TPSA) is 23.8 Å². The molecule has 4 aliphatic carbocycles. The summed E-state index contributed by atoms with van der Waals surface area (Å²) in [5, 5.41) is 10.1. The number of allylic oxidation sites excluding steroid dienone is 2. The van der Waals surface area contributed by atoms with Gasteiger partial charge in [0.05, 0.1) is 6.07 Å². The van der Waals surface area contributed by atoms with Gasteiger partial charge in [-0.25, -0.2) is 0 Å². The van der Waals surface area contributed by atoms with Gasteiger partial charge in [0, 0.05) is 16.0 Å². The molecule has 0 atom stereocenters. The van der Waals surface area contributed by atoms with Crippen molar-refractivity contribution in [3.63, 3.8) is 0 Å². The lowest BCUT2D eigenvalue weighted by Crippen LogP contribution is -2.46. The van der Waals surface area contributed by atoms with Crippen LogP contribution >= 0.6 is 11.6 Å². The Hall–Kier alpha value is -0.480. The van der Waals surface area contributed by atoms with E-state index in [9.17, 15) is 5.26 Å². The predicted molar refractivity (Wildman–Crippen MR) is 64.8 cm³/mol. The molecule has 4 bridgehead atoms. The van der Waals surface area contributed by atoms with E-state index in [4.69, 9.17) is 11.6 Å². The van der Waals surface area contributed by atoms with Crippen molar-refractivity contribution in [3.8, 4) is 6.07 Å². The van der Waals surface area contributed by atoms with Gasteiger partial charge in [-0.1, -0.05) is 11.6 Å². The molecule has 0 spiro atoms. The van der Waals surface area contributed by atoms with Gasteiger partial charge in [-0.2, -0.15) is 5.26 Å². The van der Waals surface area contributed by atoms with Gasteiger partial charge in [-0.3, -0.25) is 0 Å². The Bertz CT molecular complexity index is 349. The molecule has 4 fully saturated rings. The fraction of sp³-hybridized carbons (Fsp3) is 0.786. The van der Waals surface area contributed by atoms with E-state index in [1.807, 2.05) is 6.92 Å². The lowest BCUT2D eigenvalue weighted by molar-refractivity contribution is -0.0282. The number of halogens is 1. The average Bonchev–Trinajstić information content (AvgIpc) is 2.14. The quantitative estimate of drug-likeness (QED) is 0.624. The van der Waals surface area contributed by atoms with E-state index in [-0.39, 0.29) is 5.41 Å². The van der Waals surface area contributed by atoms with Gasteiger partial charge >= 0.3 is 0 Å². The van der Waals surface area contributed by atoms with Gasteiger partial charge in [0.15, 0.2) is 0 Å². The van der Waals surface area contributed by atoms with Gasteiger partial charge in [0.25, 0.3) is 0 Å². The molecule has 16 heavy (non-hydrogen) atoms. The molecule has 2 heteroatoms. The average molecular weight is 236 g/mol. The monoisotopic (exact) mass is 235 g/mol. The fourth-order valence-corrected chi connectivity index (χ4v) is 5.22. The molecular weight excluding hydrogens is 218 g/mol. The number of hydrogen-bond donors (Lipinski definition) is 0. The highest BCUT2D eigenvalue weighted by atomic mass is 35.5. The second-order valence-electron chi connectivity index (χ2n) is 6.22. The molecule has 0 N–H and O–H groups in total.